The number of aromatic amines is 1. The van der Waals surface area contributed by atoms with Gasteiger partial charge in [0.15, 0.2) is 11.5 Å². The standard InChI is InChI=1S/C31H29F2N5O2/c1-18(19-8-10-24(32)11-9-19)36-29(39)23-12-22(13-25(14-23)37-30(40)31(2,3)33)27-17-35-28(38-27)26-15-20-6-4-5-7-21(20)16-34-26/h4-8,10-19H,9H2,1-3H3,(H,35,38)(H,36,39)(H,37,40)/t18-,19?/m1/s1. The normalized spacial score (nSPS) is 15.9. The van der Waals surface area contributed by atoms with E-state index in [1.807, 2.05) is 37.3 Å². The number of anilines is 1. The lowest BCUT2D eigenvalue weighted by atomic mass is 9.93. The van der Waals surface area contributed by atoms with Crippen LogP contribution in [-0.2, 0) is 4.79 Å². The predicted octanol–water partition coefficient (Wildman–Crippen LogP) is 6.53. The smallest absolute Gasteiger partial charge is 0.261 e. The minimum atomic E-state index is -2.12. The van der Waals surface area contributed by atoms with Gasteiger partial charge in [0.05, 0.1) is 11.9 Å². The molecule has 1 unspecified atom stereocenters. The zero-order valence-corrected chi connectivity index (χ0v) is 22.3. The fourth-order valence-corrected chi connectivity index (χ4v) is 4.46. The summed E-state index contributed by atoms with van der Waals surface area (Å²) in [4.78, 5) is 37.9. The van der Waals surface area contributed by atoms with Crippen LogP contribution in [-0.4, -0.2) is 38.5 Å². The van der Waals surface area contributed by atoms with Gasteiger partial charge in [-0.3, -0.25) is 14.6 Å². The fourth-order valence-electron chi connectivity index (χ4n) is 4.46. The third kappa shape index (κ3) is 5.98. The molecule has 1 aliphatic rings. The number of nitrogens with zero attached hydrogens (tertiary/aromatic N) is 2. The molecule has 0 aliphatic heterocycles. The van der Waals surface area contributed by atoms with E-state index in [9.17, 15) is 18.4 Å². The molecule has 2 atom stereocenters. The second-order valence-corrected chi connectivity index (χ2v) is 10.4. The molecule has 7 nitrogen and oxygen atoms in total. The minimum Gasteiger partial charge on any atom is -0.349 e. The van der Waals surface area contributed by atoms with Crippen LogP contribution in [0.2, 0.25) is 0 Å². The maximum Gasteiger partial charge on any atom is 0.261 e. The number of amides is 2. The zero-order valence-electron chi connectivity index (χ0n) is 22.3. The fraction of sp³-hybridized carbons (Fsp3) is 0.226. The molecule has 0 fully saturated rings. The van der Waals surface area contributed by atoms with Crippen LogP contribution in [0.3, 0.4) is 0 Å². The first-order valence-corrected chi connectivity index (χ1v) is 13.0. The van der Waals surface area contributed by atoms with Gasteiger partial charge < -0.3 is 15.6 Å². The Morgan fingerprint density at radius 2 is 1.85 bits per heavy atom. The highest BCUT2D eigenvalue weighted by atomic mass is 19.1. The Labute approximate surface area is 230 Å². The van der Waals surface area contributed by atoms with Gasteiger partial charge in [0.1, 0.15) is 11.5 Å². The van der Waals surface area contributed by atoms with Gasteiger partial charge in [-0.1, -0.05) is 30.3 Å². The summed E-state index contributed by atoms with van der Waals surface area (Å²) in [5, 5.41) is 7.54. The van der Waals surface area contributed by atoms with Crippen LogP contribution in [0.4, 0.5) is 14.5 Å². The van der Waals surface area contributed by atoms with E-state index in [0.29, 0.717) is 29.2 Å². The first-order chi connectivity index (χ1) is 19.1. The van der Waals surface area contributed by atoms with Crippen molar-refractivity contribution in [2.24, 2.45) is 5.92 Å². The molecule has 0 saturated carbocycles. The molecule has 2 aromatic heterocycles. The van der Waals surface area contributed by atoms with Crippen molar-refractivity contribution in [1.29, 1.82) is 0 Å². The molecule has 40 heavy (non-hydrogen) atoms. The molecule has 0 spiro atoms. The number of pyridine rings is 1. The van der Waals surface area contributed by atoms with Gasteiger partial charge in [-0.25, -0.2) is 13.8 Å². The molecular weight excluding hydrogens is 512 g/mol. The van der Waals surface area contributed by atoms with Crippen LogP contribution >= 0.6 is 0 Å². The van der Waals surface area contributed by atoms with E-state index < -0.39 is 11.6 Å². The van der Waals surface area contributed by atoms with Gasteiger partial charge in [0, 0.05) is 40.4 Å². The molecule has 3 N–H and O–H groups in total. The monoisotopic (exact) mass is 541 g/mol. The summed E-state index contributed by atoms with van der Waals surface area (Å²) in [6, 6.07) is 14.3. The number of carbonyl (C=O) groups excluding carboxylic acids is 2. The van der Waals surface area contributed by atoms with Crippen LogP contribution < -0.4 is 10.6 Å². The van der Waals surface area contributed by atoms with E-state index in [-0.39, 0.29) is 34.9 Å². The van der Waals surface area contributed by atoms with Gasteiger partial charge in [0.2, 0.25) is 0 Å². The van der Waals surface area contributed by atoms with Crippen molar-refractivity contribution in [1.82, 2.24) is 20.3 Å². The van der Waals surface area contributed by atoms with E-state index in [4.69, 9.17) is 0 Å². The van der Waals surface area contributed by atoms with Crippen molar-refractivity contribution in [3.63, 3.8) is 0 Å². The largest absolute Gasteiger partial charge is 0.349 e. The molecule has 0 bridgehead atoms. The summed E-state index contributed by atoms with van der Waals surface area (Å²) in [5.41, 5.74) is 0.192. The van der Waals surface area contributed by atoms with E-state index in [1.54, 1.807) is 30.6 Å². The Kier molecular flexibility index (Phi) is 7.30. The van der Waals surface area contributed by atoms with Gasteiger partial charge >= 0.3 is 0 Å². The van der Waals surface area contributed by atoms with E-state index in [2.05, 4.69) is 25.6 Å². The Morgan fingerprint density at radius 1 is 1.07 bits per heavy atom. The van der Waals surface area contributed by atoms with E-state index in [0.717, 1.165) is 24.6 Å². The van der Waals surface area contributed by atoms with Crippen molar-refractivity contribution in [2.45, 2.75) is 38.9 Å². The third-order valence-corrected chi connectivity index (χ3v) is 6.84. The molecule has 204 valence electrons. The molecule has 1 aliphatic carbocycles. The average molecular weight is 542 g/mol. The Morgan fingerprint density at radius 3 is 2.58 bits per heavy atom. The van der Waals surface area contributed by atoms with Gasteiger partial charge in [-0.15, -0.1) is 0 Å². The average Bonchev–Trinajstić information content (AvgIpc) is 3.43. The molecule has 4 aromatic rings. The van der Waals surface area contributed by atoms with E-state index in [1.165, 1.54) is 18.2 Å². The maximum absolute atomic E-state index is 14.3. The number of H-pyrrole nitrogens is 1. The summed E-state index contributed by atoms with van der Waals surface area (Å²) >= 11 is 0. The van der Waals surface area contributed by atoms with Crippen molar-refractivity contribution < 1.29 is 18.4 Å². The van der Waals surface area contributed by atoms with Crippen LogP contribution in [0.1, 0.15) is 37.6 Å². The highest BCUT2D eigenvalue weighted by Gasteiger charge is 2.27. The van der Waals surface area contributed by atoms with Crippen molar-refractivity contribution in [2.75, 3.05) is 5.32 Å². The number of hydrogen-bond donors (Lipinski definition) is 3. The Hall–Kier alpha value is -4.66. The predicted molar refractivity (Wildman–Crippen MR) is 152 cm³/mol. The minimum absolute atomic E-state index is 0.0669. The molecule has 5 rings (SSSR count). The van der Waals surface area contributed by atoms with Crippen molar-refractivity contribution in [3.05, 3.63) is 90.5 Å². The molecule has 0 saturated heterocycles. The number of fused-ring (bicyclic) bond motifs is 1. The summed E-state index contributed by atoms with van der Waals surface area (Å²) < 4.78 is 27.7. The Balaban J connectivity index is 1.45. The number of nitrogens with one attached hydrogen (secondary N) is 3. The second kappa shape index (κ2) is 10.8. The molecule has 2 aromatic carbocycles. The van der Waals surface area contributed by atoms with Gasteiger partial charge in [0.25, 0.3) is 11.8 Å². The highest BCUT2D eigenvalue weighted by molar-refractivity contribution is 6.01. The summed E-state index contributed by atoms with van der Waals surface area (Å²) in [6.07, 6.45) is 8.47. The van der Waals surface area contributed by atoms with Crippen LogP contribution in [0.15, 0.2) is 85.0 Å². The summed E-state index contributed by atoms with van der Waals surface area (Å²) in [7, 11) is 0. The molecular formula is C31H29F2N5O2. The van der Waals surface area contributed by atoms with Crippen LogP contribution in [0.25, 0.3) is 33.5 Å². The lowest BCUT2D eigenvalue weighted by Crippen LogP contribution is -2.37. The number of aromatic nitrogens is 3. The zero-order chi connectivity index (χ0) is 28.4. The number of halogens is 2. The first-order valence-electron chi connectivity index (χ1n) is 13.0. The number of hydrogen-bond acceptors (Lipinski definition) is 4. The SMILES string of the molecule is C[C@@H](NC(=O)c1cc(NC(=O)C(C)(C)F)cc(-c2cnc(-c3cc4ccccc4cn3)[nH]2)c1)C1C=CC(F)=CC1. The topological polar surface area (TPSA) is 99.8 Å². The lowest BCUT2D eigenvalue weighted by molar-refractivity contribution is -0.125. The molecule has 9 heteroatoms. The third-order valence-electron chi connectivity index (χ3n) is 6.84. The Bertz CT molecular complexity index is 1650. The van der Waals surface area contributed by atoms with Crippen molar-refractivity contribution in [3.8, 4) is 22.8 Å². The van der Waals surface area contributed by atoms with E-state index >= 15 is 0 Å². The molecule has 0 radical (unpaired) electrons. The van der Waals surface area contributed by atoms with Crippen molar-refractivity contribution >= 4 is 28.3 Å². The van der Waals surface area contributed by atoms with Crippen LogP contribution in [0, 0.1) is 5.92 Å². The number of benzene rings is 2. The second-order valence-electron chi connectivity index (χ2n) is 10.4. The summed E-state index contributed by atoms with van der Waals surface area (Å²) in [5.74, 6) is -1.05. The van der Waals surface area contributed by atoms with Gasteiger partial charge in [-0.2, -0.15) is 0 Å². The summed E-state index contributed by atoms with van der Waals surface area (Å²) in [6.45, 7) is 4.17. The molecule has 2 amide bonds. The number of alkyl halides is 1. The lowest BCUT2D eigenvalue weighted by Gasteiger charge is -2.23. The quantitative estimate of drug-likeness (QED) is 0.248. The van der Waals surface area contributed by atoms with Crippen LogP contribution in [0.5, 0.6) is 0 Å². The van der Waals surface area contributed by atoms with Gasteiger partial charge in [-0.05, 0) is 69.0 Å². The first kappa shape index (κ1) is 26.9. The number of imidazole rings is 1. The maximum atomic E-state index is 14.3. The number of rotatable bonds is 7. The number of allylic oxidation sites excluding steroid dienone is 3. The number of carbonyl (C=O) groups is 2. The highest BCUT2D eigenvalue weighted by Crippen LogP contribution is 2.28. The molecule has 2 heterocycles.